The molecule has 1 amide bonds. The van der Waals surface area contributed by atoms with Gasteiger partial charge in [0.25, 0.3) is 11.5 Å². The molecule has 0 bridgehead atoms. The van der Waals surface area contributed by atoms with Crippen LogP contribution in [0.5, 0.6) is 0 Å². The zero-order valence-electron chi connectivity index (χ0n) is 13.2. The first-order valence-corrected chi connectivity index (χ1v) is 7.80. The van der Waals surface area contributed by atoms with Crippen LogP contribution in [0.1, 0.15) is 63.4 Å². The molecule has 0 spiro atoms. The van der Waals surface area contributed by atoms with Gasteiger partial charge in [0.05, 0.1) is 0 Å². The van der Waals surface area contributed by atoms with Crippen LogP contribution in [-0.2, 0) is 6.54 Å². The average molecular weight is 291 g/mol. The predicted molar refractivity (Wildman–Crippen MR) is 82.3 cm³/mol. The van der Waals surface area contributed by atoms with Crippen molar-refractivity contribution in [2.24, 2.45) is 5.41 Å². The normalized spacial score (nSPS) is 20.4. The first-order chi connectivity index (χ1) is 9.91. The lowest BCUT2D eigenvalue weighted by Crippen LogP contribution is -2.35. The van der Waals surface area contributed by atoms with Crippen LogP contribution in [0.2, 0.25) is 0 Å². The van der Waals surface area contributed by atoms with Gasteiger partial charge in [-0.25, -0.2) is 4.68 Å². The Morgan fingerprint density at radius 2 is 2.24 bits per heavy atom. The van der Waals surface area contributed by atoms with Crippen molar-refractivity contribution in [1.29, 1.82) is 0 Å². The summed E-state index contributed by atoms with van der Waals surface area (Å²) in [5.41, 5.74) is 0.475. The van der Waals surface area contributed by atoms with Crippen LogP contribution in [0.25, 0.3) is 0 Å². The van der Waals surface area contributed by atoms with Crippen LogP contribution < -0.4 is 10.9 Å². The highest BCUT2D eigenvalue weighted by atomic mass is 16.2. The molecule has 1 aromatic heterocycles. The van der Waals surface area contributed by atoms with Crippen LogP contribution in [0.4, 0.5) is 0 Å². The molecular formula is C16H25N3O2. The quantitative estimate of drug-likeness (QED) is 0.905. The number of hydrogen-bond acceptors (Lipinski definition) is 3. The van der Waals surface area contributed by atoms with E-state index in [4.69, 9.17) is 0 Å². The van der Waals surface area contributed by atoms with E-state index in [1.54, 1.807) is 0 Å². The molecule has 1 heterocycles. The molecule has 116 valence electrons. The molecule has 1 aliphatic carbocycles. The Labute approximate surface area is 125 Å². The molecule has 1 aliphatic rings. The van der Waals surface area contributed by atoms with Crippen molar-refractivity contribution in [2.75, 3.05) is 0 Å². The van der Waals surface area contributed by atoms with Gasteiger partial charge < -0.3 is 5.32 Å². The summed E-state index contributed by atoms with van der Waals surface area (Å²) in [4.78, 5) is 24.0. The van der Waals surface area contributed by atoms with Gasteiger partial charge in [0, 0.05) is 18.7 Å². The fraction of sp³-hybridized carbons (Fsp3) is 0.688. The molecule has 0 aliphatic heterocycles. The van der Waals surface area contributed by atoms with Gasteiger partial charge in [-0.05, 0) is 37.2 Å². The molecule has 21 heavy (non-hydrogen) atoms. The number of carbonyl (C=O) groups is 1. The van der Waals surface area contributed by atoms with Gasteiger partial charge >= 0.3 is 0 Å². The average Bonchev–Trinajstić information content (AvgIpc) is 2.77. The van der Waals surface area contributed by atoms with E-state index in [2.05, 4.69) is 31.2 Å². The molecule has 1 atom stereocenters. The Bertz CT molecular complexity index is 563. The van der Waals surface area contributed by atoms with Crippen LogP contribution in [0.15, 0.2) is 16.9 Å². The van der Waals surface area contributed by atoms with Gasteiger partial charge in [-0.15, -0.1) is 0 Å². The second-order valence-corrected chi connectivity index (χ2v) is 6.71. The molecule has 1 saturated carbocycles. The highest BCUT2D eigenvalue weighted by Crippen LogP contribution is 2.36. The molecule has 1 aromatic rings. The third-order valence-corrected chi connectivity index (χ3v) is 4.13. The second kappa shape index (κ2) is 6.41. The number of amides is 1. The van der Waals surface area contributed by atoms with Crippen LogP contribution >= 0.6 is 0 Å². The van der Waals surface area contributed by atoms with Crippen molar-refractivity contribution < 1.29 is 4.79 Å². The third kappa shape index (κ3) is 4.16. The molecule has 1 unspecified atom stereocenters. The first-order valence-electron chi connectivity index (χ1n) is 7.80. The number of aryl methyl sites for hydroxylation is 1. The minimum Gasteiger partial charge on any atom is -0.348 e. The maximum atomic E-state index is 12.3. The lowest BCUT2D eigenvalue weighted by molar-refractivity contribution is 0.0928. The van der Waals surface area contributed by atoms with Crippen LogP contribution in [-0.4, -0.2) is 21.7 Å². The van der Waals surface area contributed by atoms with Gasteiger partial charge in [0.1, 0.15) is 5.69 Å². The molecule has 5 heteroatoms. The summed E-state index contributed by atoms with van der Waals surface area (Å²) in [6.07, 6.45) is 5.00. The Balaban J connectivity index is 2.04. The summed E-state index contributed by atoms with van der Waals surface area (Å²) >= 11 is 0. The molecule has 1 fully saturated rings. The summed E-state index contributed by atoms with van der Waals surface area (Å²) in [5, 5.41) is 7.22. The monoisotopic (exact) mass is 291 g/mol. The Morgan fingerprint density at radius 1 is 1.48 bits per heavy atom. The lowest BCUT2D eigenvalue weighted by atomic mass is 9.92. The van der Waals surface area contributed by atoms with Gasteiger partial charge in [-0.1, -0.05) is 27.2 Å². The molecule has 2 rings (SSSR count). The van der Waals surface area contributed by atoms with E-state index in [9.17, 15) is 9.59 Å². The predicted octanol–water partition coefficient (Wildman–Crippen LogP) is 2.35. The number of hydrogen-bond donors (Lipinski definition) is 1. The van der Waals surface area contributed by atoms with Gasteiger partial charge in [0.15, 0.2) is 0 Å². The molecule has 5 nitrogen and oxygen atoms in total. The number of rotatable bonds is 5. The SMILES string of the molecule is CCCCn1nc(C(=O)NC2CCC(C)(C)C2)ccc1=O. The smallest absolute Gasteiger partial charge is 0.271 e. The maximum absolute atomic E-state index is 12.3. The Kier molecular flexibility index (Phi) is 4.80. The number of unbranched alkanes of at least 4 members (excludes halogenated alkanes) is 1. The fourth-order valence-electron chi connectivity index (χ4n) is 2.86. The molecule has 0 saturated heterocycles. The minimum absolute atomic E-state index is 0.151. The number of aromatic nitrogens is 2. The molecule has 0 aromatic carbocycles. The van der Waals surface area contributed by atoms with Crippen molar-refractivity contribution in [3.63, 3.8) is 0 Å². The van der Waals surface area contributed by atoms with Gasteiger partial charge in [0.2, 0.25) is 0 Å². The summed E-state index contributed by atoms with van der Waals surface area (Å²) < 4.78 is 1.39. The zero-order chi connectivity index (χ0) is 15.5. The summed E-state index contributed by atoms with van der Waals surface area (Å²) in [6, 6.07) is 3.15. The van der Waals surface area contributed by atoms with E-state index in [0.717, 1.165) is 32.1 Å². The van der Waals surface area contributed by atoms with Crippen molar-refractivity contribution >= 4 is 5.91 Å². The Hall–Kier alpha value is -1.65. The summed E-state index contributed by atoms with van der Waals surface area (Å²) in [5.74, 6) is -0.178. The topological polar surface area (TPSA) is 64.0 Å². The van der Waals surface area contributed by atoms with E-state index < -0.39 is 0 Å². The lowest BCUT2D eigenvalue weighted by Gasteiger charge is -2.17. The van der Waals surface area contributed by atoms with Crippen molar-refractivity contribution in [3.05, 3.63) is 28.2 Å². The summed E-state index contributed by atoms with van der Waals surface area (Å²) in [6.45, 7) is 7.07. The highest BCUT2D eigenvalue weighted by molar-refractivity contribution is 5.92. The first kappa shape index (κ1) is 15.7. The largest absolute Gasteiger partial charge is 0.348 e. The van der Waals surface area contributed by atoms with Gasteiger partial charge in [-0.3, -0.25) is 9.59 Å². The van der Waals surface area contributed by atoms with Crippen LogP contribution in [0, 0.1) is 5.41 Å². The number of carbonyl (C=O) groups excluding carboxylic acids is 1. The minimum atomic E-state index is -0.178. The molecular weight excluding hydrogens is 266 g/mol. The standard InChI is InChI=1S/C16H25N3O2/c1-4-5-10-19-14(20)7-6-13(18-19)15(21)17-12-8-9-16(2,3)11-12/h6-7,12H,4-5,8-11H2,1-3H3,(H,17,21). The van der Waals surface area contributed by atoms with Crippen LogP contribution in [0.3, 0.4) is 0 Å². The van der Waals surface area contributed by atoms with E-state index in [0.29, 0.717) is 17.7 Å². The van der Waals surface area contributed by atoms with Crippen molar-refractivity contribution in [1.82, 2.24) is 15.1 Å². The molecule has 0 radical (unpaired) electrons. The van der Waals surface area contributed by atoms with E-state index in [1.165, 1.54) is 16.8 Å². The number of nitrogens with zero attached hydrogens (tertiary/aromatic N) is 2. The van der Waals surface area contributed by atoms with E-state index in [-0.39, 0.29) is 17.5 Å². The van der Waals surface area contributed by atoms with Crippen molar-refractivity contribution in [2.45, 2.75) is 65.5 Å². The highest BCUT2D eigenvalue weighted by Gasteiger charge is 2.32. The fourth-order valence-corrected chi connectivity index (χ4v) is 2.86. The number of nitrogens with one attached hydrogen (secondary N) is 1. The third-order valence-electron chi connectivity index (χ3n) is 4.13. The molecule has 1 N–H and O–H groups in total. The zero-order valence-corrected chi connectivity index (χ0v) is 13.2. The van der Waals surface area contributed by atoms with E-state index >= 15 is 0 Å². The van der Waals surface area contributed by atoms with Gasteiger partial charge in [-0.2, -0.15) is 5.10 Å². The maximum Gasteiger partial charge on any atom is 0.271 e. The Morgan fingerprint density at radius 3 is 2.86 bits per heavy atom. The van der Waals surface area contributed by atoms with Crippen molar-refractivity contribution in [3.8, 4) is 0 Å². The van der Waals surface area contributed by atoms with E-state index in [1.807, 2.05) is 0 Å². The second-order valence-electron chi connectivity index (χ2n) is 6.71. The summed E-state index contributed by atoms with van der Waals surface area (Å²) in [7, 11) is 0.